The number of benzene rings is 2. The van der Waals surface area contributed by atoms with Crippen LogP contribution in [0.3, 0.4) is 0 Å². The van der Waals surface area contributed by atoms with Gasteiger partial charge >= 0.3 is 6.18 Å². The Hall–Kier alpha value is -2.63. The second kappa shape index (κ2) is 7.09. The molecule has 2 aromatic rings. The van der Waals surface area contributed by atoms with E-state index >= 15 is 0 Å². The van der Waals surface area contributed by atoms with Gasteiger partial charge in [-0.2, -0.15) is 13.2 Å². The van der Waals surface area contributed by atoms with Crippen LogP contribution in [0.15, 0.2) is 54.6 Å². The zero-order chi connectivity index (χ0) is 16.9. The normalized spacial score (nSPS) is 11.7. The van der Waals surface area contributed by atoms with Crippen molar-refractivity contribution in [3.63, 3.8) is 0 Å². The molecule has 2 nitrogen and oxygen atoms in total. The van der Waals surface area contributed by atoms with Gasteiger partial charge in [0.1, 0.15) is 5.82 Å². The van der Waals surface area contributed by atoms with E-state index in [-0.39, 0.29) is 6.54 Å². The van der Waals surface area contributed by atoms with Gasteiger partial charge in [0.15, 0.2) is 0 Å². The summed E-state index contributed by atoms with van der Waals surface area (Å²) in [6.45, 7) is 0.0306. The molecule has 1 amide bonds. The van der Waals surface area contributed by atoms with Crippen LogP contribution in [-0.4, -0.2) is 5.91 Å². The Balaban J connectivity index is 1.92. The maximum absolute atomic E-state index is 13.4. The van der Waals surface area contributed by atoms with Crippen molar-refractivity contribution in [1.82, 2.24) is 5.32 Å². The molecular weight excluding hydrogens is 310 g/mol. The van der Waals surface area contributed by atoms with E-state index in [4.69, 9.17) is 0 Å². The lowest BCUT2D eigenvalue weighted by molar-refractivity contribution is -0.137. The largest absolute Gasteiger partial charge is 0.416 e. The molecule has 120 valence electrons. The second-order valence-electron chi connectivity index (χ2n) is 4.76. The zero-order valence-corrected chi connectivity index (χ0v) is 11.9. The summed E-state index contributed by atoms with van der Waals surface area (Å²) in [6, 6.07) is 10.5. The molecule has 0 atom stereocenters. The van der Waals surface area contributed by atoms with Gasteiger partial charge in [0, 0.05) is 18.2 Å². The molecule has 0 saturated carbocycles. The van der Waals surface area contributed by atoms with Gasteiger partial charge in [0.05, 0.1) is 5.56 Å². The summed E-state index contributed by atoms with van der Waals surface area (Å²) in [5.74, 6) is -0.882. The van der Waals surface area contributed by atoms with E-state index in [0.717, 1.165) is 12.1 Å². The van der Waals surface area contributed by atoms with Crippen LogP contribution in [0.5, 0.6) is 0 Å². The third-order valence-electron chi connectivity index (χ3n) is 3.08. The van der Waals surface area contributed by atoms with Gasteiger partial charge in [-0.05, 0) is 29.8 Å². The Morgan fingerprint density at radius 3 is 2.30 bits per heavy atom. The SMILES string of the molecule is O=C(C=Cc1ccc(C(F)(F)F)cc1)NCc1ccccc1F. The fraction of sp³-hybridized carbons (Fsp3) is 0.118. The number of alkyl halides is 3. The molecule has 0 saturated heterocycles. The lowest BCUT2D eigenvalue weighted by atomic mass is 10.1. The molecule has 0 radical (unpaired) electrons. The van der Waals surface area contributed by atoms with Gasteiger partial charge in [-0.15, -0.1) is 0 Å². The Kier molecular flexibility index (Phi) is 5.16. The first-order chi connectivity index (χ1) is 10.9. The number of hydrogen-bond donors (Lipinski definition) is 1. The van der Waals surface area contributed by atoms with Gasteiger partial charge in [0.25, 0.3) is 0 Å². The molecule has 0 aliphatic rings. The van der Waals surface area contributed by atoms with Crippen molar-refractivity contribution in [2.75, 3.05) is 0 Å². The Labute approximate surface area is 130 Å². The van der Waals surface area contributed by atoms with Crippen molar-refractivity contribution in [1.29, 1.82) is 0 Å². The maximum atomic E-state index is 13.4. The van der Waals surface area contributed by atoms with Crippen molar-refractivity contribution in [3.8, 4) is 0 Å². The first-order valence-corrected chi connectivity index (χ1v) is 6.73. The van der Waals surface area contributed by atoms with Gasteiger partial charge in [-0.1, -0.05) is 30.3 Å². The average molecular weight is 323 g/mol. The van der Waals surface area contributed by atoms with Crippen LogP contribution < -0.4 is 5.32 Å². The summed E-state index contributed by atoms with van der Waals surface area (Å²) in [7, 11) is 0. The molecule has 6 heteroatoms. The number of rotatable bonds is 4. The third-order valence-corrected chi connectivity index (χ3v) is 3.08. The topological polar surface area (TPSA) is 29.1 Å². The molecule has 0 unspecified atom stereocenters. The standard InChI is InChI=1S/C17H13F4NO/c18-15-4-2-1-3-13(15)11-22-16(23)10-7-12-5-8-14(9-6-12)17(19,20)21/h1-10H,11H2,(H,22,23). The van der Waals surface area contributed by atoms with Crippen molar-refractivity contribution in [2.45, 2.75) is 12.7 Å². The van der Waals surface area contributed by atoms with Gasteiger partial charge in [-0.3, -0.25) is 4.79 Å². The van der Waals surface area contributed by atoms with Crippen LogP contribution in [0.4, 0.5) is 17.6 Å². The lowest BCUT2D eigenvalue weighted by Gasteiger charge is -2.06. The number of nitrogens with one attached hydrogen (secondary N) is 1. The van der Waals surface area contributed by atoms with Crippen molar-refractivity contribution < 1.29 is 22.4 Å². The van der Waals surface area contributed by atoms with E-state index in [1.807, 2.05) is 0 Å². The highest BCUT2D eigenvalue weighted by atomic mass is 19.4. The van der Waals surface area contributed by atoms with Gasteiger partial charge in [-0.25, -0.2) is 4.39 Å². The lowest BCUT2D eigenvalue weighted by Crippen LogP contribution is -2.20. The van der Waals surface area contributed by atoms with E-state index in [2.05, 4.69) is 5.32 Å². The Morgan fingerprint density at radius 2 is 1.70 bits per heavy atom. The summed E-state index contributed by atoms with van der Waals surface area (Å²) >= 11 is 0. The molecule has 0 aliphatic carbocycles. The van der Waals surface area contributed by atoms with Crippen molar-refractivity contribution in [2.24, 2.45) is 0 Å². The molecule has 2 rings (SSSR count). The molecule has 0 aromatic heterocycles. The highest BCUT2D eigenvalue weighted by Crippen LogP contribution is 2.29. The Bertz CT molecular complexity index is 705. The van der Waals surface area contributed by atoms with Crippen LogP contribution in [0.25, 0.3) is 6.08 Å². The average Bonchev–Trinajstić information content (AvgIpc) is 2.51. The second-order valence-corrected chi connectivity index (χ2v) is 4.76. The quantitative estimate of drug-likeness (QED) is 0.664. The summed E-state index contributed by atoms with van der Waals surface area (Å²) in [5, 5.41) is 2.50. The molecule has 23 heavy (non-hydrogen) atoms. The molecule has 0 spiro atoms. The fourth-order valence-corrected chi connectivity index (χ4v) is 1.84. The predicted octanol–water partition coefficient (Wildman–Crippen LogP) is 4.17. The van der Waals surface area contributed by atoms with Crippen LogP contribution in [-0.2, 0) is 17.5 Å². The molecule has 0 heterocycles. The minimum atomic E-state index is -4.39. The Morgan fingerprint density at radius 1 is 1.04 bits per heavy atom. The van der Waals surface area contributed by atoms with E-state index in [0.29, 0.717) is 11.1 Å². The van der Waals surface area contributed by atoms with E-state index in [9.17, 15) is 22.4 Å². The van der Waals surface area contributed by atoms with Gasteiger partial charge < -0.3 is 5.32 Å². The van der Waals surface area contributed by atoms with Crippen molar-refractivity contribution in [3.05, 3.63) is 77.1 Å². The van der Waals surface area contributed by atoms with Crippen LogP contribution in [0, 0.1) is 5.82 Å². The summed E-state index contributed by atoms with van der Waals surface area (Å²) in [5.41, 5.74) is 0.0569. The molecule has 0 aliphatic heterocycles. The summed E-state index contributed by atoms with van der Waals surface area (Å²) < 4.78 is 50.6. The predicted molar refractivity (Wildman–Crippen MR) is 78.7 cm³/mol. The number of carbonyl (C=O) groups is 1. The van der Waals surface area contributed by atoms with E-state index < -0.39 is 23.5 Å². The van der Waals surface area contributed by atoms with Crippen LogP contribution >= 0.6 is 0 Å². The van der Waals surface area contributed by atoms with E-state index in [1.54, 1.807) is 18.2 Å². The molecule has 0 bridgehead atoms. The smallest absolute Gasteiger partial charge is 0.348 e. The zero-order valence-electron chi connectivity index (χ0n) is 11.9. The molecule has 1 N–H and O–H groups in total. The number of halogens is 4. The van der Waals surface area contributed by atoms with Crippen LogP contribution in [0.1, 0.15) is 16.7 Å². The highest BCUT2D eigenvalue weighted by Gasteiger charge is 2.29. The number of amides is 1. The third kappa shape index (κ3) is 4.95. The maximum Gasteiger partial charge on any atom is 0.416 e. The molecule has 2 aromatic carbocycles. The minimum Gasteiger partial charge on any atom is -0.348 e. The van der Waals surface area contributed by atoms with Crippen LogP contribution in [0.2, 0.25) is 0 Å². The highest BCUT2D eigenvalue weighted by molar-refractivity contribution is 5.91. The number of hydrogen-bond acceptors (Lipinski definition) is 1. The van der Waals surface area contributed by atoms with Crippen molar-refractivity contribution >= 4 is 12.0 Å². The first-order valence-electron chi connectivity index (χ1n) is 6.73. The monoisotopic (exact) mass is 323 g/mol. The van der Waals surface area contributed by atoms with E-state index in [1.165, 1.54) is 30.4 Å². The minimum absolute atomic E-state index is 0.0306. The molecule has 0 fully saturated rings. The van der Waals surface area contributed by atoms with Gasteiger partial charge in [0.2, 0.25) is 5.91 Å². The first kappa shape index (κ1) is 16.7. The number of carbonyl (C=O) groups excluding carboxylic acids is 1. The molecular formula is C17H13F4NO. The fourth-order valence-electron chi connectivity index (χ4n) is 1.84. The summed E-state index contributed by atoms with van der Waals surface area (Å²) in [6.07, 6.45) is -1.82. The summed E-state index contributed by atoms with van der Waals surface area (Å²) in [4.78, 5) is 11.6.